The normalized spacial score (nSPS) is 13.4. The molecule has 0 aromatic heterocycles. The molecular weight excluding hydrogens is 278 g/mol. The highest BCUT2D eigenvalue weighted by Crippen LogP contribution is 2.24. The van der Waals surface area contributed by atoms with Gasteiger partial charge in [-0.25, -0.2) is 13.1 Å². The van der Waals surface area contributed by atoms with Gasteiger partial charge in [0.25, 0.3) is 0 Å². The highest BCUT2D eigenvalue weighted by atomic mass is 32.2. The lowest BCUT2D eigenvalue weighted by Gasteiger charge is -2.22. The maximum absolute atomic E-state index is 12.0. The Morgan fingerprint density at radius 1 is 1.35 bits per heavy atom. The Balaban J connectivity index is 3.09. The van der Waals surface area contributed by atoms with Crippen LogP contribution in [0, 0.1) is 5.92 Å². The number of rotatable bonds is 7. The molecule has 0 fully saturated rings. The van der Waals surface area contributed by atoms with E-state index in [4.69, 9.17) is 5.73 Å². The molecule has 0 aliphatic rings. The van der Waals surface area contributed by atoms with E-state index in [2.05, 4.69) is 10.0 Å². The van der Waals surface area contributed by atoms with E-state index in [0.29, 0.717) is 17.9 Å². The van der Waals surface area contributed by atoms with E-state index in [1.165, 1.54) is 12.1 Å². The van der Waals surface area contributed by atoms with Gasteiger partial charge in [0.05, 0.1) is 28.9 Å². The van der Waals surface area contributed by atoms with Crippen molar-refractivity contribution < 1.29 is 13.5 Å². The van der Waals surface area contributed by atoms with Crippen LogP contribution in [0.15, 0.2) is 23.1 Å². The molecule has 0 amide bonds. The molecule has 0 saturated carbocycles. The average molecular weight is 301 g/mol. The van der Waals surface area contributed by atoms with Gasteiger partial charge in [-0.05, 0) is 24.1 Å². The monoisotopic (exact) mass is 301 g/mol. The molecule has 6 nitrogen and oxygen atoms in total. The molecule has 0 radical (unpaired) electrons. The average Bonchev–Trinajstić information content (AvgIpc) is 2.37. The second-order valence-electron chi connectivity index (χ2n) is 4.93. The molecule has 1 aromatic carbocycles. The Morgan fingerprint density at radius 3 is 2.50 bits per heavy atom. The Kier molecular flexibility index (Phi) is 5.79. The zero-order chi connectivity index (χ0) is 15.3. The molecule has 7 heteroatoms. The SMILES string of the molecule is CCNS(=O)(=O)c1ccc(N)c(NC(CO)C(C)C)c1. The zero-order valence-electron chi connectivity index (χ0n) is 12.1. The van der Waals surface area contributed by atoms with Gasteiger partial charge < -0.3 is 16.2 Å². The van der Waals surface area contributed by atoms with Crippen LogP contribution in [-0.2, 0) is 10.0 Å². The molecule has 20 heavy (non-hydrogen) atoms. The minimum Gasteiger partial charge on any atom is -0.397 e. The van der Waals surface area contributed by atoms with Crippen LogP contribution in [0.2, 0.25) is 0 Å². The standard InChI is InChI=1S/C13H23N3O3S/c1-4-15-20(18,19)10-5-6-11(14)12(7-10)16-13(8-17)9(2)3/h5-7,9,13,15-17H,4,8,14H2,1-3H3. The molecule has 0 saturated heterocycles. The van der Waals surface area contributed by atoms with Gasteiger partial charge in [-0.15, -0.1) is 0 Å². The molecule has 0 bridgehead atoms. The second-order valence-corrected chi connectivity index (χ2v) is 6.69. The number of hydrogen-bond acceptors (Lipinski definition) is 5. The van der Waals surface area contributed by atoms with E-state index in [1.54, 1.807) is 13.0 Å². The molecule has 1 unspecified atom stereocenters. The fourth-order valence-corrected chi connectivity index (χ4v) is 2.79. The van der Waals surface area contributed by atoms with Gasteiger partial charge >= 0.3 is 0 Å². The first-order chi connectivity index (χ1) is 9.31. The van der Waals surface area contributed by atoms with Gasteiger partial charge in [0.1, 0.15) is 0 Å². The minimum atomic E-state index is -3.52. The molecule has 0 aliphatic heterocycles. The molecule has 1 aromatic rings. The summed E-state index contributed by atoms with van der Waals surface area (Å²) >= 11 is 0. The summed E-state index contributed by atoms with van der Waals surface area (Å²) in [6.07, 6.45) is 0. The number of benzene rings is 1. The lowest BCUT2D eigenvalue weighted by molar-refractivity contribution is 0.249. The maximum Gasteiger partial charge on any atom is 0.240 e. The number of nitrogens with one attached hydrogen (secondary N) is 2. The Bertz CT molecular complexity index is 544. The summed E-state index contributed by atoms with van der Waals surface area (Å²) in [4.78, 5) is 0.150. The Labute approximate surface area is 120 Å². The minimum absolute atomic E-state index is 0.0543. The zero-order valence-corrected chi connectivity index (χ0v) is 12.9. The highest BCUT2D eigenvalue weighted by Gasteiger charge is 2.17. The third-order valence-electron chi connectivity index (χ3n) is 3.01. The third kappa shape index (κ3) is 4.09. The summed E-state index contributed by atoms with van der Waals surface area (Å²) in [6, 6.07) is 4.30. The van der Waals surface area contributed by atoms with Crippen molar-refractivity contribution in [2.24, 2.45) is 5.92 Å². The van der Waals surface area contributed by atoms with Crippen molar-refractivity contribution in [2.75, 3.05) is 24.2 Å². The summed E-state index contributed by atoms with van der Waals surface area (Å²) in [5, 5.41) is 12.4. The second kappa shape index (κ2) is 6.92. The van der Waals surface area contributed by atoms with Gasteiger partial charge in [0, 0.05) is 6.54 Å². The topological polar surface area (TPSA) is 104 Å². The first kappa shape index (κ1) is 16.7. The van der Waals surface area contributed by atoms with Crippen molar-refractivity contribution >= 4 is 21.4 Å². The number of sulfonamides is 1. The molecule has 5 N–H and O–H groups in total. The first-order valence-corrected chi connectivity index (χ1v) is 8.06. The first-order valence-electron chi connectivity index (χ1n) is 6.58. The number of nitrogen functional groups attached to an aromatic ring is 1. The fourth-order valence-electron chi connectivity index (χ4n) is 1.72. The molecule has 0 heterocycles. The van der Waals surface area contributed by atoms with Crippen LogP contribution >= 0.6 is 0 Å². The lowest BCUT2D eigenvalue weighted by atomic mass is 10.0. The predicted molar refractivity (Wildman–Crippen MR) is 81.1 cm³/mol. The smallest absolute Gasteiger partial charge is 0.240 e. The van der Waals surface area contributed by atoms with Crippen LogP contribution in [0.25, 0.3) is 0 Å². The van der Waals surface area contributed by atoms with Crippen LogP contribution < -0.4 is 15.8 Å². The van der Waals surface area contributed by atoms with Crippen molar-refractivity contribution in [3.05, 3.63) is 18.2 Å². The number of aliphatic hydroxyl groups excluding tert-OH is 1. The van der Waals surface area contributed by atoms with Crippen LogP contribution in [0.3, 0.4) is 0 Å². The summed E-state index contributed by atoms with van der Waals surface area (Å²) in [5.41, 5.74) is 6.81. The quantitative estimate of drug-likeness (QED) is 0.562. The van der Waals surface area contributed by atoms with Gasteiger partial charge in [-0.3, -0.25) is 0 Å². The summed E-state index contributed by atoms with van der Waals surface area (Å²) in [7, 11) is -3.52. The van der Waals surface area contributed by atoms with Crippen LogP contribution in [0.5, 0.6) is 0 Å². The summed E-state index contributed by atoms with van der Waals surface area (Å²) in [5.74, 6) is 0.188. The van der Waals surface area contributed by atoms with Crippen LogP contribution in [0.1, 0.15) is 20.8 Å². The molecular formula is C13H23N3O3S. The molecule has 114 valence electrons. The number of hydrogen-bond donors (Lipinski definition) is 4. The molecule has 1 atom stereocenters. The van der Waals surface area contributed by atoms with E-state index < -0.39 is 10.0 Å². The fraction of sp³-hybridized carbons (Fsp3) is 0.538. The summed E-state index contributed by atoms with van der Waals surface area (Å²) < 4.78 is 26.3. The number of aliphatic hydroxyl groups is 1. The van der Waals surface area contributed by atoms with Crippen molar-refractivity contribution in [3.8, 4) is 0 Å². The highest BCUT2D eigenvalue weighted by molar-refractivity contribution is 7.89. The Morgan fingerprint density at radius 2 is 2.00 bits per heavy atom. The number of anilines is 2. The molecule has 0 spiro atoms. The van der Waals surface area contributed by atoms with Crippen molar-refractivity contribution in [3.63, 3.8) is 0 Å². The van der Waals surface area contributed by atoms with Crippen LogP contribution in [-0.4, -0.2) is 32.7 Å². The largest absolute Gasteiger partial charge is 0.397 e. The van der Waals surface area contributed by atoms with E-state index in [9.17, 15) is 13.5 Å². The Hall–Kier alpha value is -1.31. The van der Waals surface area contributed by atoms with Crippen molar-refractivity contribution in [2.45, 2.75) is 31.7 Å². The third-order valence-corrected chi connectivity index (χ3v) is 4.56. The van der Waals surface area contributed by atoms with Crippen LogP contribution in [0.4, 0.5) is 11.4 Å². The van der Waals surface area contributed by atoms with Crippen molar-refractivity contribution in [1.82, 2.24) is 4.72 Å². The molecule has 1 rings (SSSR count). The maximum atomic E-state index is 12.0. The lowest BCUT2D eigenvalue weighted by Crippen LogP contribution is -2.30. The van der Waals surface area contributed by atoms with Gasteiger partial charge in [0.2, 0.25) is 10.0 Å². The predicted octanol–water partition coefficient (Wildman–Crippen LogP) is 0.996. The van der Waals surface area contributed by atoms with Crippen molar-refractivity contribution in [1.29, 1.82) is 0 Å². The van der Waals surface area contributed by atoms with Gasteiger partial charge in [-0.2, -0.15) is 0 Å². The van der Waals surface area contributed by atoms with E-state index in [0.717, 1.165) is 0 Å². The van der Waals surface area contributed by atoms with Gasteiger partial charge in [-0.1, -0.05) is 20.8 Å². The van der Waals surface area contributed by atoms with E-state index in [-0.39, 0.29) is 23.5 Å². The summed E-state index contributed by atoms with van der Waals surface area (Å²) in [6.45, 7) is 5.91. The molecule has 0 aliphatic carbocycles. The van der Waals surface area contributed by atoms with E-state index >= 15 is 0 Å². The number of nitrogens with two attached hydrogens (primary N) is 1. The van der Waals surface area contributed by atoms with E-state index in [1.807, 2.05) is 13.8 Å². The van der Waals surface area contributed by atoms with Gasteiger partial charge in [0.15, 0.2) is 0 Å².